The van der Waals surface area contributed by atoms with Crippen molar-refractivity contribution in [2.75, 3.05) is 40.9 Å². The quantitative estimate of drug-likeness (QED) is 0.587. The lowest BCUT2D eigenvalue weighted by Crippen LogP contribution is -2.46. The molecule has 1 spiro atoms. The average molecular weight is 498 g/mol. The van der Waals surface area contributed by atoms with Crippen molar-refractivity contribution in [3.63, 3.8) is 0 Å². The van der Waals surface area contributed by atoms with Gasteiger partial charge in [0.1, 0.15) is 24.5 Å². The fraction of sp³-hybridized carbons (Fsp3) is 0.679. The van der Waals surface area contributed by atoms with E-state index < -0.39 is 0 Å². The number of benzene rings is 1. The fourth-order valence-corrected chi connectivity index (χ4v) is 6.07. The molecule has 1 aromatic rings. The number of hydrogen-bond acceptors (Lipinski definition) is 6. The number of amides is 2. The second-order valence-corrected chi connectivity index (χ2v) is 10.8. The van der Waals surface area contributed by atoms with Crippen LogP contribution in [0.15, 0.2) is 18.2 Å². The maximum Gasteiger partial charge on any atom is 0.257 e. The highest BCUT2D eigenvalue weighted by atomic mass is 16.6. The first-order valence-electron chi connectivity index (χ1n) is 13.2. The molecule has 0 radical (unpaired) electrons. The lowest BCUT2D eigenvalue weighted by molar-refractivity contribution is -0.146. The number of carbonyl (C=O) groups is 2. The predicted molar refractivity (Wildman–Crippen MR) is 135 cm³/mol. The number of para-hydroxylation sites is 1. The van der Waals surface area contributed by atoms with Gasteiger partial charge in [0.05, 0.1) is 23.3 Å². The van der Waals surface area contributed by atoms with Crippen LogP contribution in [-0.2, 0) is 14.3 Å². The highest BCUT2D eigenvalue weighted by Crippen LogP contribution is 2.41. The Morgan fingerprint density at radius 2 is 1.86 bits per heavy atom. The van der Waals surface area contributed by atoms with E-state index in [1.54, 1.807) is 37.3 Å². The van der Waals surface area contributed by atoms with E-state index in [9.17, 15) is 14.9 Å². The van der Waals surface area contributed by atoms with Crippen molar-refractivity contribution < 1.29 is 23.8 Å². The Morgan fingerprint density at radius 1 is 1.08 bits per heavy atom. The Labute approximate surface area is 214 Å². The smallest absolute Gasteiger partial charge is 0.257 e. The van der Waals surface area contributed by atoms with Gasteiger partial charge in [-0.2, -0.15) is 5.26 Å². The monoisotopic (exact) mass is 497 g/mol. The average Bonchev–Trinajstić information content (AvgIpc) is 2.89. The third-order valence-electron chi connectivity index (χ3n) is 8.19. The zero-order valence-corrected chi connectivity index (χ0v) is 21.8. The number of methoxy groups -OCH3 is 1. The number of nitriles is 1. The summed E-state index contributed by atoms with van der Waals surface area (Å²) in [4.78, 5) is 30.6. The summed E-state index contributed by atoms with van der Waals surface area (Å²) < 4.78 is 18.2. The third kappa shape index (κ3) is 5.84. The maximum absolute atomic E-state index is 13.7. The highest BCUT2D eigenvalue weighted by Gasteiger charge is 2.39. The number of hydrogen-bond donors (Lipinski definition) is 0. The largest absolute Gasteiger partial charge is 0.489 e. The molecule has 2 fully saturated rings. The first-order valence-corrected chi connectivity index (χ1v) is 13.2. The van der Waals surface area contributed by atoms with E-state index in [-0.39, 0.29) is 47.9 Å². The lowest BCUT2D eigenvalue weighted by Gasteiger charge is -2.41. The van der Waals surface area contributed by atoms with E-state index >= 15 is 0 Å². The SMILES string of the molecule is CO[C@@H]1CC[C@@H]2CCN(C)C(=O)CC3(CCCCC3)CN(C)C(=O)c3cccc(C#N)c3OC[C@H]1O2. The Morgan fingerprint density at radius 3 is 2.58 bits per heavy atom. The van der Waals surface area contributed by atoms with Crippen molar-refractivity contribution in [3.05, 3.63) is 29.3 Å². The molecule has 2 amide bonds. The minimum absolute atomic E-state index is 0.00440. The zero-order valence-electron chi connectivity index (χ0n) is 21.8. The van der Waals surface area contributed by atoms with Crippen LogP contribution in [0.2, 0.25) is 0 Å². The molecule has 0 unspecified atom stereocenters. The summed E-state index contributed by atoms with van der Waals surface area (Å²) in [6.07, 6.45) is 7.53. The molecule has 4 rings (SSSR count). The number of nitrogens with zero attached hydrogens (tertiary/aromatic N) is 3. The molecule has 2 heterocycles. The number of rotatable bonds is 1. The maximum atomic E-state index is 13.7. The fourth-order valence-electron chi connectivity index (χ4n) is 6.07. The van der Waals surface area contributed by atoms with Crippen molar-refractivity contribution in [1.82, 2.24) is 9.80 Å². The molecule has 2 bridgehead atoms. The molecule has 1 aromatic carbocycles. The molecule has 3 aliphatic rings. The van der Waals surface area contributed by atoms with Gasteiger partial charge in [0.2, 0.25) is 5.91 Å². The van der Waals surface area contributed by atoms with Crippen molar-refractivity contribution in [2.24, 2.45) is 5.41 Å². The lowest BCUT2D eigenvalue weighted by atomic mass is 9.71. The van der Waals surface area contributed by atoms with Crippen LogP contribution in [0.4, 0.5) is 0 Å². The molecule has 1 saturated heterocycles. The van der Waals surface area contributed by atoms with E-state index in [0.717, 1.165) is 51.4 Å². The van der Waals surface area contributed by atoms with Gasteiger partial charge in [-0.3, -0.25) is 9.59 Å². The van der Waals surface area contributed by atoms with Gasteiger partial charge < -0.3 is 24.0 Å². The van der Waals surface area contributed by atoms with Crippen molar-refractivity contribution in [2.45, 2.75) is 76.1 Å². The van der Waals surface area contributed by atoms with Crippen molar-refractivity contribution in [3.8, 4) is 11.8 Å². The van der Waals surface area contributed by atoms with Gasteiger partial charge in [-0.05, 0) is 49.7 Å². The summed E-state index contributed by atoms with van der Waals surface area (Å²) >= 11 is 0. The summed E-state index contributed by atoms with van der Waals surface area (Å²) in [6, 6.07) is 7.26. The van der Waals surface area contributed by atoms with E-state index in [1.807, 2.05) is 11.9 Å². The Bertz CT molecular complexity index is 984. The summed E-state index contributed by atoms with van der Waals surface area (Å²) in [5.74, 6) is 0.214. The van der Waals surface area contributed by atoms with E-state index in [0.29, 0.717) is 30.6 Å². The summed E-state index contributed by atoms with van der Waals surface area (Å²) in [5, 5.41) is 9.76. The standard InChI is InChI=1S/C28H39N3O5/c1-30-15-12-21-10-11-23(34-3)24(36-21)18-35-26-20(17-29)8-7-9-22(26)27(33)31(2)19-28(16-25(30)32)13-5-4-6-14-28/h7-9,21,23-24H,4-6,10-16,18-19H2,1-3H3/t21-,23-,24-/m1/s1. The number of fused-ring (bicyclic) bond motifs is 3. The van der Waals surface area contributed by atoms with Crippen molar-refractivity contribution in [1.29, 1.82) is 5.26 Å². The minimum atomic E-state index is -0.333. The van der Waals surface area contributed by atoms with E-state index in [2.05, 4.69) is 6.07 Å². The predicted octanol–water partition coefficient (Wildman–Crippen LogP) is 3.77. The van der Waals surface area contributed by atoms with Crippen LogP contribution in [0.25, 0.3) is 0 Å². The van der Waals surface area contributed by atoms with E-state index in [1.165, 1.54) is 0 Å². The van der Waals surface area contributed by atoms with Gasteiger partial charge in [0.25, 0.3) is 5.91 Å². The summed E-state index contributed by atoms with van der Waals surface area (Å²) in [7, 11) is 5.32. The van der Waals surface area contributed by atoms with Crippen molar-refractivity contribution >= 4 is 11.8 Å². The van der Waals surface area contributed by atoms with Crippen LogP contribution in [0, 0.1) is 16.7 Å². The van der Waals surface area contributed by atoms with Crippen LogP contribution in [-0.4, -0.2) is 80.8 Å². The molecular weight excluding hydrogens is 458 g/mol. The molecule has 1 aliphatic carbocycles. The topological polar surface area (TPSA) is 92.1 Å². The minimum Gasteiger partial charge on any atom is -0.489 e. The molecule has 8 heteroatoms. The van der Waals surface area contributed by atoms with Gasteiger partial charge in [-0.1, -0.05) is 25.3 Å². The van der Waals surface area contributed by atoms with Crippen LogP contribution in [0.5, 0.6) is 5.75 Å². The highest BCUT2D eigenvalue weighted by molar-refractivity contribution is 5.97. The molecule has 3 atom stereocenters. The second kappa shape index (κ2) is 11.6. The van der Waals surface area contributed by atoms with E-state index in [4.69, 9.17) is 14.2 Å². The van der Waals surface area contributed by atoms with Gasteiger partial charge in [-0.15, -0.1) is 0 Å². The molecule has 36 heavy (non-hydrogen) atoms. The second-order valence-electron chi connectivity index (χ2n) is 10.8. The Balaban J connectivity index is 1.69. The molecular formula is C28H39N3O5. The van der Waals surface area contributed by atoms with Gasteiger partial charge >= 0.3 is 0 Å². The third-order valence-corrected chi connectivity index (χ3v) is 8.19. The first-order chi connectivity index (χ1) is 17.4. The molecule has 0 aromatic heterocycles. The van der Waals surface area contributed by atoms with Gasteiger partial charge in [0.15, 0.2) is 0 Å². The van der Waals surface area contributed by atoms with Crippen LogP contribution >= 0.6 is 0 Å². The molecule has 2 aliphatic heterocycles. The molecule has 8 nitrogen and oxygen atoms in total. The number of ether oxygens (including phenoxy) is 3. The van der Waals surface area contributed by atoms with Crippen LogP contribution < -0.4 is 4.74 Å². The Kier molecular flexibility index (Phi) is 8.53. The first kappa shape index (κ1) is 26.4. The summed E-state index contributed by atoms with van der Waals surface area (Å²) in [5.41, 5.74) is 0.442. The zero-order chi connectivity index (χ0) is 25.7. The summed E-state index contributed by atoms with van der Waals surface area (Å²) in [6.45, 7) is 1.30. The normalized spacial score (nSPS) is 27.8. The molecule has 196 valence electrons. The molecule has 0 N–H and O–H groups in total. The van der Waals surface area contributed by atoms with Crippen LogP contribution in [0.3, 0.4) is 0 Å². The molecule has 1 saturated carbocycles. The Hall–Kier alpha value is -2.63. The van der Waals surface area contributed by atoms with Crippen LogP contribution in [0.1, 0.15) is 73.7 Å². The number of carbonyl (C=O) groups excluding carboxylic acids is 2. The van der Waals surface area contributed by atoms with Gasteiger partial charge in [0, 0.05) is 40.7 Å². The van der Waals surface area contributed by atoms with Gasteiger partial charge in [-0.25, -0.2) is 0 Å².